The summed E-state index contributed by atoms with van der Waals surface area (Å²) in [5.41, 5.74) is 1.10. The third-order valence-electron chi connectivity index (χ3n) is 5.04. The molecule has 1 atom stereocenters. The minimum atomic E-state index is -3.56. The highest BCUT2D eigenvalue weighted by Crippen LogP contribution is 2.31. The van der Waals surface area contributed by atoms with Crippen molar-refractivity contribution >= 4 is 49.3 Å². The zero-order chi connectivity index (χ0) is 22.2. The molecule has 1 amide bonds. The van der Waals surface area contributed by atoms with Crippen molar-refractivity contribution in [1.29, 1.82) is 0 Å². The number of carbonyl (C=O) groups is 1. The van der Waals surface area contributed by atoms with Crippen molar-refractivity contribution in [3.05, 3.63) is 72.3 Å². The quantitative estimate of drug-likeness (QED) is 0.589. The van der Waals surface area contributed by atoms with Crippen LogP contribution in [-0.4, -0.2) is 54.6 Å². The number of carbonyl (C=O) groups excluding carboxylic acids is 1. The van der Waals surface area contributed by atoms with Gasteiger partial charge in [-0.25, -0.2) is 17.7 Å². The summed E-state index contributed by atoms with van der Waals surface area (Å²) in [7, 11) is -0.576. The van der Waals surface area contributed by atoms with Gasteiger partial charge in [-0.15, -0.1) is 0 Å². The monoisotopic (exact) mass is 453 g/mol. The smallest absolute Gasteiger partial charge is 0.259 e. The lowest BCUT2D eigenvalue weighted by atomic mass is 10.1. The molecule has 0 bridgehead atoms. The molecule has 1 unspecified atom stereocenters. The van der Waals surface area contributed by atoms with E-state index in [-0.39, 0.29) is 16.1 Å². The minimum absolute atomic E-state index is 0.113. The van der Waals surface area contributed by atoms with Gasteiger partial charge in [-0.3, -0.25) is 9.69 Å². The van der Waals surface area contributed by atoms with Crippen LogP contribution in [0.25, 0.3) is 10.8 Å². The summed E-state index contributed by atoms with van der Waals surface area (Å²) in [6, 6.07) is 20.1. The summed E-state index contributed by atoms with van der Waals surface area (Å²) in [5, 5.41) is 2.85. The molecule has 1 saturated heterocycles. The van der Waals surface area contributed by atoms with Gasteiger partial charge in [0.05, 0.1) is 10.6 Å². The Hall–Kier alpha value is -2.68. The maximum Gasteiger partial charge on any atom is 0.259 e. The molecule has 0 saturated carbocycles. The first-order valence-corrected chi connectivity index (χ1v) is 12.2. The fraction of sp³-hybridized carbons (Fsp3) is 0.217. The zero-order valence-electron chi connectivity index (χ0n) is 17.5. The van der Waals surface area contributed by atoms with Crippen molar-refractivity contribution in [2.45, 2.75) is 17.1 Å². The zero-order valence-corrected chi connectivity index (χ0v) is 19.2. The first-order chi connectivity index (χ1) is 14.8. The molecule has 1 heterocycles. The molecule has 1 fully saturated rings. The van der Waals surface area contributed by atoms with Gasteiger partial charge >= 0.3 is 0 Å². The summed E-state index contributed by atoms with van der Waals surface area (Å²) in [6.45, 7) is 2.59. The fourth-order valence-electron chi connectivity index (χ4n) is 3.39. The number of benzene rings is 3. The normalized spacial score (nSPS) is 18.3. The maximum absolute atomic E-state index is 13.3. The lowest BCUT2D eigenvalue weighted by molar-refractivity contribution is 0.0855. The van der Waals surface area contributed by atoms with Crippen LogP contribution in [-0.2, 0) is 10.0 Å². The Bertz CT molecular complexity index is 1290. The van der Waals surface area contributed by atoms with Crippen molar-refractivity contribution in [2.24, 2.45) is 4.99 Å². The molecule has 4 rings (SSSR count). The Morgan fingerprint density at radius 3 is 2.52 bits per heavy atom. The Morgan fingerprint density at radius 1 is 1.03 bits per heavy atom. The average Bonchev–Trinajstić information content (AvgIpc) is 3.12. The molecule has 31 heavy (non-hydrogen) atoms. The number of hydrogen-bond donors (Lipinski definition) is 0. The molecule has 3 aromatic carbocycles. The van der Waals surface area contributed by atoms with Gasteiger partial charge < -0.3 is 0 Å². The van der Waals surface area contributed by atoms with Crippen LogP contribution in [0.15, 0.2) is 76.6 Å². The van der Waals surface area contributed by atoms with E-state index in [1.807, 2.05) is 49.4 Å². The molecular formula is C23H23N3O3S2. The standard InChI is InChI=1S/C23H23N3O3S2/c1-16-15-26(22(27)19-12-11-17-7-4-5-8-18(17)13-19)23(30-16)24-20-9-6-10-21(14-20)31(28,29)25(2)3/h4-14,16H,15H2,1-3H3. The van der Waals surface area contributed by atoms with Crippen molar-refractivity contribution < 1.29 is 13.2 Å². The molecule has 0 spiro atoms. The van der Waals surface area contributed by atoms with Crippen LogP contribution < -0.4 is 0 Å². The lowest BCUT2D eigenvalue weighted by Gasteiger charge is -2.17. The Labute approximate surface area is 186 Å². The number of hydrogen-bond acceptors (Lipinski definition) is 5. The van der Waals surface area contributed by atoms with Crippen LogP contribution >= 0.6 is 11.8 Å². The van der Waals surface area contributed by atoms with E-state index in [9.17, 15) is 13.2 Å². The van der Waals surface area contributed by atoms with Gasteiger partial charge in [0.15, 0.2) is 5.17 Å². The summed E-state index contributed by atoms with van der Waals surface area (Å²) in [4.78, 5) is 19.8. The van der Waals surface area contributed by atoms with Crippen molar-refractivity contribution in [1.82, 2.24) is 9.21 Å². The lowest BCUT2D eigenvalue weighted by Crippen LogP contribution is -2.32. The van der Waals surface area contributed by atoms with Gasteiger partial charge in [-0.2, -0.15) is 0 Å². The average molecular weight is 454 g/mol. The number of amides is 1. The summed E-state index contributed by atoms with van der Waals surface area (Å²) >= 11 is 1.51. The Balaban J connectivity index is 1.68. The molecule has 1 aliphatic rings. The van der Waals surface area contributed by atoms with Crippen molar-refractivity contribution in [2.75, 3.05) is 20.6 Å². The molecule has 160 valence electrons. The highest BCUT2D eigenvalue weighted by molar-refractivity contribution is 8.14. The molecule has 1 aliphatic heterocycles. The predicted octanol–water partition coefficient (Wildman–Crippen LogP) is 4.36. The minimum Gasteiger partial charge on any atom is -0.286 e. The number of nitrogens with zero attached hydrogens (tertiary/aromatic N) is 3. The second kappa shape index (κ2) is 8.45. The van der Waals surface area contributed by atoms with E-state index in [4.69, 9.17) is 0 Å². The number of fused-ring (bicyclic) bond motifs is 1. The van der Waals surface area contributed by atoms with Crippen LogP contribution in [0.1, 0.15) is 17.3 Å². The number of sulfonamides is 1. The number of aliphatic imine (C=N–C) groups is 1. The Morgan fingerprint density at radius 2 is 1.77 bits per heavy atom. The molecule has 6 nitrogen and oxygen atoms in total. The van der Waals surface area contributed by atoms with Crippen LogP contribution in [0, 0.1) is 0 Å². The van der Waals surface area contributed by atoms with Crippen LogP contribution in [0.5, 0.6) is 0 Å². The second-order valence-corrected chi connectivity index (χ2v) is 11.1. The SMILES string of the molecule is CC1CN(C(=O)c2ccc3ccccc3c2)C(=Nc2cccc(S(=O)(=O)N(C)C)c2)S1. The molecule has 0 aliphatic carbocycles. The highest BCUT2D eigenvalue weighted by atomic mass is 32.2. The van der Waals surface area contributed by atoms with E-state index in [1.54, 1.807) is 23.1 Å². The van der Waals surface area contributed by atoms with E-state index in [0.29, 0.717) is 23.0 Å². The topological polar surface area (TPSA) is 70.0 Å². The summed E-state index contributed by atoms with van der Waals surface area (Å²) in [5.74, 6) is -0.113. The van der Waals surface area contributed by atoms with Crippen LogP contribution in [0.2, 0.25) is 0 Å². The molecule has 8 heteroatoms. The van der Waals surface area contributed by atoms with E-state index in [0.717, 1.165) is 10.8 Å². The third-order valence-corrected chi connectivity index (χ3v) is 7.92. The van der Waals surface area contributed by atoms with Crippen LogP contribution in [0.3, 0.4) is 0 Å². The first kappa shape index (κ1) is 21.5. The van der Waals surface area contributed by atoms with Crippen molar-refractivity contribution in [3.63, 3.8) is 0 Å². The third kappa shape index (κ3) is 4.37. The van der Waals surface area contributed by atoms with Gasteiger partial charge in [0.1, 0.15) is 0 Å². The molecule has 3 aromatic rings. The van der Waals surface area contributed by atoms with E-state index in [1.165, 1.54) is 36.2 Å². The molecule has 0 N–H and O–H groups in total. The number of thioether (sulfide) groups is 1. The molecule has 0 aromatic heterocycles. The highest BCUT2D eigenvalue weighted by Gasteiger charge is 2.31. The van der Waals surface area contributed by atoms with Gasteiger partial charge in [-0.05, 0) is 41.1 Å². The van der Waals surface area contributed by atoms with E-state index >= 15 is 0 Å². The number of rotatable bonds is 4. The van der Waals surface area contributed by atoms with Gasteiger partial charge in [0.2, 0.25) is 10.0 Å². The summed E-state index contributed by atoms with van der Waals surface area (Å²) in [6.07, 6.45) is 0. The van der Waals surface area contributed by atoms with Crippen molar-refractivity contribution in [3.8, 4) is 0 Å². The Kier molecular flexibility index (Phi) is 5.88. The predicted molar refractivity (Wildman–Crippen MR) is 126 cm³/mol. The number of amidine groups is 1. The van der Waals surface area contributed by atoms with Gasteiger partial charge in [0.25, 0.3) is 5.91 Å². The van der Waals surface area contributed by atoms with Gasteiger partial charge in [-0.1, -0.05) is 55.1 Å². The first-order valence-electron chi connectivity index (χ1n) is 9.84. The van der Waals surface area contributed by atoms with Gasteiger partial charge in [0, 0.05) is 31.5 Å². The molecule has 0 radical (unpaired) electrons. The van der Waals surface area contributed by atoms with E-state index in [2.05, 4.69) is 4.99 Å². The maximum atomic E-state index is 13.3. The fourth-order valence-corrected chi connectivity index (χ4v) is 5.35. The largest absolute Gasteiger partial charge is 0.286 e. The van der Waals surface area contributed by atoms with E-state index < -0.39 is 10.0 Å². The second-order valence-electron chi connectivity index (χ2n) is 7.59. The summed E-state index contributed by atoms with van der Waals surface area (Å²) < 4.78 is 26.1. The van der Waals surface area contributed by atoms with Crippen LogP contribution in [0.4, 0.5) is 5.69 Å². The molecular weight excluding hydrogens is 430 g/mol.